The fraction of sp³-hybridized carbons (Fsp3) is 0.676. The fourth-order valence-corrected chi connectivity index (χ4v) is 6.77. The summed E-state index contributed by atoms with van der Waals surface area (Å²) in [7, 11) is 3.11. The Balaban J connectivity index is 1.15. The highest BCUT2D eigenvalue weighted by Gasteiger charge is 2.41. The quantitative estimate of drug-likeness (QED) is 0.257. The second-order valence-corrected chi connectivity index (χ2v) is 13.0. The number of rotatable bonds is 17. The molecule has 1 aromatic carbocycles. The number of carbonyl (C=O) groups is 2. The Hall–Kier alpha value is -2.41. The van der Waals surface area contributed by atoms with Gasteiger partial charge in [-0.1, -0.05) is 44.5 Å². The number of nitrogens with one attached hydrogen (secondary N) is 1. The number of ether oxygens (including phenoxy) is 4. The number of nitrogens with zero attached hydrogens (tertiary/aromatic N) is 3. The zero-order valence-electron chi connectivity index (χ0n) is 27.6. The molecule has 2 aromatic rings. The van der Waals surface area contributed by atoms with Crippen molar-refractivity contribution in [1.82, 2.24) is 20.1 Å². The molecule has 10 nitrogen and oxygen atoms in total. The number of benzene rings is 1. The molecular formula is C34H52N4O6S. The molecule has 0 bridgehead atoms. The van der Waals surface area contributed by atoms with Gasteiger partial charge >= 0.3 is 0 Å². The maximum Gasteiger partial charge on any atom is 0.273 e. The average molecular weight is 645 g/mol. The summed E-state index contributed by atoms with van der Waals surface area (Å²) in [4.78, 5) is 34.4. The standard InChI is InChI=1S/C34H52N4O6S/c1-5-7-28(22-30(39)35-23-32(41-3)42-4)43-20-13-27-10-8-26(9-11-27)12-16-37-17-14-34(15-18-37)25-38(19-21-44-34)33(40)29-24-45-31(6-2)36-29/h8-11,24,28,32H,5-7,12-23,25H2,1-4H3,(H,35,39). The molecule has 11 heteroatoms. The van der Waals surface area contributed by atoms with Gasteiger partial charge in [-0.15, -0.1) is 11.3 Å². The van der Waals surface area contributed by atoms with Gasteiger partial charge in [0.15, 0.2) is 6.29 Å². The van der Waals surface area contributed by atoms with Gasteiger partial charge in [-0.3, -0.25) is 9.59 Å². The van der Waals surface area contributed by atoms with Gasteiger partial charge in [0.2, 0.25) is 5.91 Å². The van der Waals surface area contributed by atoms with E-state index in [0.717, 1.165) is 69.6 Å². The van der Waals surface area contributed by atoms with Crippen LogP contribution in [0.5, 0.6) is 0 Å². The summed E-state index contributed by atoms with van der Waals surface area (Å²) in [6.45, 7) is 9.91. The van der Waals surface area contributed by atoms with E-state index < -0.39 is 6.29 Å². The lowest BCUT2D eigenvalue weighted by Gasteiger charge is -2.47. The third-order valence-electron chi connectivity index (χ3n) is 8.88. The van der Waals surface area contributed by atoms with E-state index in [1.54, 1.807) is 25.6 Å². The molecule has 250 valence electrons. The number of morpholine rings is 1. The van der Waals surface area contributed by atoms with Crippen LogP contribution in [0.3, 0.4) is 0 Å². The first-order valence-corrected chi connectivity index (χ1v) is 17.4. The van der Waals surface area contributed by atoms with Crippen LogP contribution in [0.25, 0.3) is 0 Å². The molecule has 3 heterocycles. The van der Waals surface area contributed by atoms with Crippen LogP contribution in [0.4, 0.5) is 0 Å². The second-order valence-electron chi connectivity index (χ2n) is 12.1. The van der Waals surface area contributed by atoms with Crippen LogP contribution in [0.15, 0.2) is 29.6 Å². The molecule has 0 radical (unpaired) electrons. The largest absolute Gasteiger partial charge is 0.377 e. The first kappa shape index (κ1) is 35.4. The van der Waals surface area contributed by atoms with E-state index in [1.807, 2.05) is 10.3 Å². The highest BCUT2D eigenvalue weighted by molar-refractivity contribution is 7.09. The van der Waals surface area contributed by atoms with Crippen LogP contribution in [0.1, 0.15) is 72.6 Å². The van der Waals surface area contributed by atoms with Crippen LogP contribution in [-0.4, -0.2) is 111 Å². The van der Waals surface area contributed by atoms with E-state index in [9.17, 15) is 9.59 Å². The lowest BCUT2D eigenvalue weighted by Crippen LogP contribution is -2.58. The molecule has 1 aromatic heterocycles. The van der Waals surface area contributed by atoms with Crippen LogP contribution >= 0.6 is 11.3 Å². The highest BCUT2D eigenvalue weighted by atomic mass is 32.1. The lowest BCUT2D eigenvalue weighted by molar-refractivity contribution is -0.130. The van der Waals surface area contributed by atoms with Crippen molar-refractivity contribution < 1.29 is 28.5 Å². The number of hydrogen-bond donors (Lipinski definition) is 1. The summed E-state index contributed by atoms with van der Waals surface area (Å²) in [6.07, 6.45) is 6.14. The summed E-state index contributed by atoms with van der Waals surface area (Å²) in [5.74, 6) is -0.0183. The fourth-order valence-electron chi connectivity index (χ4n) is 6.05. The SMILES string of the molecule is CCCC(CC(=O)NCC(OC)OC)OCCc1ccc(CCN2CCC3(CC2)CN(C(=O)c2csc(CC)n2)CCO3)cc1. The predicted molar refractivity (Wildman–Crippen MR) is 176 cm³/mol. The van der Waals surface area contributed by atoms with Crippen molar-refractivity contribution in [3.8, 4) is 0 Å². The predicted octanol–water partition coefficient (Wildman–Crippen LogP) is 4.11. The van der Waals surface area contributed by atoms with Crippen molar-refractivity contribution in [2.75, 3.05) is 66.7 Å². The number of carbonyl (C=O) groups excluding carboxylic acids is 2. The van der Waals surface area contributed by atoms with Gasteiger partial charge in [0.05, 0.1) is 49.4 Å². The van der Waals surface area contributed by atoms with Crippen molar-refractivity contribution in [2.45, 2.75) is 83.2 Å². The molecule has 2 aliphatic rings. The summed E-state index contributed by atoms with van der Waals surface area (Å²) in [6, 6.07) is 8.81. The second kappa shape index (κ2) is 18.1. The van der Waals surface area contributed by atoms with E-state index in [1.165, 1.54) is 11.1 Å². The number of methoxy groups -OCH3 is 2. The van der Waals surface area contributed by atoms with Gasteiger partial charge < -0.3 is 34.1 Å². The first-order chi connectivity index (χ1) is 21.9. The zero-order valence-corrected chi connectivity index (χ0v) is 28.4. The molecule has 0 aliphatic carbocycles. The van der Waals surface area contributed by atoms with Gasteiger partial charge in [0.25, 0.3) is 5.91 Å². The number of thiazole rings is 1. The van der Waals surface area contributed by atoms with Crippen molar-refractivity contribution in [3.05, 3.63) is 51.5 Å². The van der Waals surface area contributed by atoms with Gasteiger partial charge in [-0.05, 0) is 49.7 Å². The molecule has 4 rings (SSSR count). The summed E-state index contributed by atoms with van der Waals surface area (Å²) in [5.41, 5.74) is 2.89. The minimum Gasteiger partial charge on any atom is -0.377 e. The summed E-state index contributed by atoms with van der Waals surface area (Å²) in [5, 5.41) is 5.76. The third kappa shape index (κ3) is 10.8. The number of aromatic nitrogens is 1. The number of likely N-dealkylation sites (tertiary alicyclic amines) is 1. The van der Waals surface area contributed by atoms with E-state index in [4.69, 9.17) is 18.9 Å². The van der Waals surface area contributed by atoms with Gasteiger partial charge in [0.1, 0.15) is 5.69 Å². The molecule has 1 spiro atoms. The van der Waals surface area contributed by atoms with E-state index >= 15 is 0 Å². The Morgan fingerprint density at radius 3 is 2.42 bits per heavy atom. The Labute approximate surface area is 272 Å². The molecule has 1 unspecified atom stereocenters. The monoisotopic (exact) mass is 644 g/mol. The van der Waals surface area contributed by atoms with Crippen molar-refractivity contribution in [2.24, 2.45) is 0 Å². The van der Waals surface area contributed by atoms with Crippen LogP contribution < -0.4 is 5.32 Å². The molecule has 0 saturated carbocycles. The Morgan fingerprint density at radius 2 is 1.78 bits per heavy atom. The maximum absolute atomic E-state index is 13.1. The molecule has 2 amide bonds. The van der Waals surface area contributed by atoms with Crippen molar-refractivity contribution >= 4 is 23.2 Å². The maximum atomic E-state index is 13.1. The number of hydrogen-bond acceptors (Lipinski definition) is 9. The van der Waals surface area contributed by atoms with Crippen molar-refractivity contribution in [1.29, 1.82) is 0 Å². The molecule has 2 saturated heterocycles. The number of piperidine rings is 1. The molecule has 2 fully saturated rings. The third-order valence-corrected chi connectivity index (χ3v) is 9.87. The Bertz CT molecular complexity index is 1180. The molecule has 45 heavy (non-hydrogen) atoms. The number of aryl methyl sites for hydroxylation is 1. The summed E-state index contributed by atoms with van der Waals surface area (Å²) < 4.78 is 22.7. The van der Waals surface area contributed by atoms with E-state index in [0.29, 0.717) is 45.0 Å². The van der Waals surface area contributed by atoms with Gasteiger partial charge in [-0.25, -0.2) is 4.98 Å². The highest BCUT2D eigenvalue weighted by Crippen LogP contribution is 2.31. The van der Waals surface area contributed by atoms with Gasteiger partial charge in [0, 0.05) is 45.8 Å². The van der Waals surface area contributed by atoms with Crippen LogP contribution in [0, 0.1) is 0 Å². The first-order valence-electron chi connectivity index (χ1n) is 16.5. The Kier molecular flexibility index (Phi) is 14.2. The van der Waals surface area contributed by atoms with Gasteiger partial charge in [-0.2, -0.15) is 0 Å². The summed E-state index contributed by atoms with van der Waals surface area (Å²) >= 11 is 1.56. The van der Waals surface area contributed by atoms with Crippen LogP contribution in [-0.2, 0) is 43.0 Å². The Morgan fingerprint density at radius 1 is 1.07 bits per heavy atom. The topological polar surface area (TPSA) is 102 Å². The average Bonchev–Trinajstić information content (AvgIpc) is 3.55. The normalized spacial score (nSPS) is 17.6. The minimum absolute atomic E-state index is 0.0361. The minimum atomic E-state index is -0.445. The number of amides is 2. The molecular weight excluding hydrogens is 592 g/mol. The van der Waals surface area contributed by atoms with E-state index in [-0.39, 0.29) is 23.5 Å². The van der Waals surface area contributed by atoms with E-state index in [2.05, 4.69) is 53.3 Å². The molecule has 1 atom stereocenters. The zero-order chi connectivity index (χ0) is 32.1. The smallest absolute Gasteiger partial charge is 0.273 e. The lowest BCUT2D eigenvalue weighted by atomic mass is 9.89. The molecule has 2 aliphatic heterocycles. The van der Waals surface area contributed by atoms with Crippen molar-refractivity contribution in [3.63, 3.8) is 0 Å². The molecule has 1 N–H and O–H groups in total. The van der Waals surface area contributed by atoms with Crippen LogP contribution in [0.2, 0.25) is 0 Å².